The molecule has 4 heteroatoms. The molecule has 0 atom stereocenters. The molecule has 1 aliphatic rings. The predicted octanol–water partition coefficient (Wildman–Crippen LogP) is 3.04. The van der Waals surface area contributed by atoms with E-state index in [4.69, 9.17) is 5.26 Å². The standard InChI is InChI=1S/C15H17FN2O/c1-11-10-12(16)6-7-14(11)15(19)18(9-8-17)13-4-2-3-5-13/h6-7,10,13H,2-5,9H2,1H3. The number of amides is 1. The molecule has 1 aliphatic carbocycles. The van der Waals surface area contributed by atoms with Crippen molar-refractivity contribution in [3.05, 3.63) is 35.1 Å². The maximum absolute atomic E-state index is 13.1. The molecule has 0 aliphatic heterocycles. The first-order valence-electron chi connectivity index (χ1n) is 6.57. The van der Waals surface area contributed by atoms with Crippen LogP contribution in [0, 0.1) is 24.1 Å². The molecule has 1 aromatic carbocycles. The molecule has 0 saturated heterocycles. The molecular weight excluding hydrogens is 243 g/mol. The minimum atomic E-state index is -0.346. The summed E-state index contributed by atoms with van der Waals surface area (Å²) in [5.74, 6) is -0.507. The van der Waals surface area contributed by atoms with E-state index in [0.29, 0.717) is 11.1 Å². The number of hydrogen-bond donors (Lipinski definition) is 0. The van der Waals surface area contributed by atoms with Gasteiger partial charge in [0.1, 0.15) is 12.4 Å². The Kier molecular flexibility index (Phi) is 4.16. The van der Waals surface area contributed by atoms with E-state index in [2.05, 4.69) is 6.07 Å². The van der Waals surface area contributed by atoms with Crippen molar-refractivity contribution in [3.63, 3.8) is 0 Å². The topological polar surface area (TPSA) is 44.1 Å². The Morgan fingerprint density at radius 3 is 2.74 bits per heavy atom. The van der Waals surface area contributed by atoms with Crippen LogP contribution >= 0.6 is 0 Å². The molecule has 19 heavy (non-hydrogen) atoms. The smallest absolute Gasteiger partial charge is 0.255 e. The van der Waals surface area contributed by atoms with E-state index in [1.54, 1.807) is 11.8 Å². The highest BCUT2D eigenvalue weighted by molar-refractivity contribution is 5.96. The van der Waals surface area contributed by atoms with Crippen molar-refractivity contribution in [2.45, 2.75) is 38.6 Å². The summed E-state index contributed by atoms with van der Waals surface area (Å²) in [6, 6.07) is 6.36. The lowest BCUT2D eigenvalue weighted by Gasteiger charge is -2.27. The normalized spacial score (nSPS) is 15.2. The number of nitrogens with zero attached hydrogens (tertiary/aromatic N) is 2. The summed E-state index contributed by atoms with van der Waals surface area (Å²) in [6.07, 6.45) is 4.10. The van der Waals surface area contributed by atoms with Crippen LogP contribution < -0.4 is 0 Å². The Bertz CT molecular complexity index is 515. The van der Waals surface area contributed by atoms with Crippen molar-refractivity contribution in [2.24, 2.45) is 0 Å². The van der Waals surface area contributed by atoms with Crippen LogP contribution in [0.5, 0.6) is 0 Å². The molecule has 0 unspecified atom stereocenters. The molecule has 0 heterocycles. The number of halogens is 1. The zero-order chi connectivity index (χ0) is 13.8. The van der Waals surface area contributed by atoms with Crippen molar-refractivity contribution >= 4 is 5.91 Å². The Morgan fingerprint density at radius 2 is 2.16 bits per heavy atom. The van der Waals surface area contributed by atoms with Gasteiger partial charge in [-0.05, 0) is 43.5 Å². The number of aryl methyl sites for hydroxylation is 1. The monoisotopic (exact) mass is 260 g/mol. The number of carbonyl (C=O) groups excluding carboxylic acids is 1. The maximum atomic E-state index is 13.1. The fraction of sp³-hybridized carbons (Fsp3) is 0.467. The predicted molar refractivity (Wildman–Crippen MR) is 70.0 cm³/mol. The highest BCUT2D eigenvalue weighted by Crippen LogP contribution is 2.25. The molecule has 0 radical (unpaired) electrons. The Hall–Kier alpha value is -1.89. The van der Waals surface area contributed by atoms with Crippen LogP contribution in [-0.4, -0.2) is 23.4 Å². The van der Waals surface area contributed by atoms with Crippen molar-refractivity contribution < 1.29 is 9.18 Å². The van der Waals surface area contributed by atoms with E-state index in [0.717, 1.165) is 25.7 Å². The number of carbonyl (C=O) groups is 1. The average molecular weight is 260 g/mol. The second-order valence-corrected chi connectivity index (χ2v) is 4.99. The lowest BCUT2D eigenvalue weighted by atomic mass is 10.1. The first-order valence-corrected chi connectivity index (χ1v) is 6.57. The molecule has 0 bridgehead atoms. The van der Waals surface area contributed by atoms with Gasteiger partial charge in [0.25, 0.3) is 5.91 Å². The summed E-state index contributed by atoms with van der Waals surface area (Å²) in [5, 5.41) is 8.90. The summed E-state index contributed by atoms with van der Waals surface area (Å²) in [5.41, 5.74) is 1.11. The van der Waals surface area contributed by atoms with Crippen LogP contribution in [0.15, 0.2) is 18.2 Å². The minimum Gasteiger partial charge on any atom is -0.322 e. The fourth-order valence-corrected chi connectivity index (χ4v) is 2.68. The summed E-state index contributed by atoms with van der Waals surface area (Å²) in [4.78, 5) is 14.1. The van der Waals surface area contributed by atoms with Gasteiger partial charge >= 0.3 is 0 Å². The molecule has 1 saturated carbocycles. The van der Waals surface area contributed by atoms with Gasteiger partial charge in [-0.25, -0.2) is 4.39 Å². The molecule has 1 aromatic rings. The van der Waals surface area contributed by atoms with Gasteiger partial charge in [-0.3, -0.25) is 4.79 Å². The Labute approximate surface area is 112 Å². The largest absolute Gasteiger partial charge is 0.322 e. The molecule has 0 spiro atoms. The SMILES string of the molecule is Cc1cc(F)ccc1C(=O)N(CC#N)C1CCCC1. The van der Waals surface area contributed by atoms with Crippen LogP contribution in [0.2, 0.25) is 0 Å². The minimum absolute atomic E-state index is 0.0975. The van der Waals surface area contributed by atoms with Crippen LogP contribution in [-0.2, 0) is 0 Å². The molecule has 1 amide bonds. The van der Waals surface area contributed by atoms with Crippen LogP contribution in [0.4, 0.5) is 4.39 Å². The molecule has 3 nitrogen and oxygen atoms in total. The number of hydrogen-bond acceptors (Lipinski definition) is 2. The van der Waals surface area contributed by atoms with Crippen molar-refractivity contribution in [1.29, 1.82) is 5.26 Å². The van der Waals surface area contributed by atoms with Crippen LogP contribution in [0.1, 0.15) is 41.6 Å². The van der Waals surface area contributed by atoms with Gasteiger partial charge in [0.15, 0.2) is 0 Å². The van der Waals surface area contributed by atoms with E-state index in [-0.39, 0.29) is 24.3 Å². The summed E-state index contributed by atoms with van der Waals surface area (Å²) in [7, 11) is 0. The lowest BCUT2D eigenvalue weighted by molar-refractivity contribution is 0.0708. The second-order valence-electron chi connectivity index (χ2n) is 4.99. The van der Waals surface area contributed by atoms with Gasteiger partial charge < -0.3 is 4.90 Å². The fourth-order valence-electron chi connectivity index (χ4n) is 2.68. The van der Waals surface area contributed by atoms with E-state index in [1.807, 2.05) is 0 Å². The quantitative estimate of drug-likeness (QED) is 0.784. The highest BCUT2D eigenvalue weighted by atomic mass is 19.1. The van der Waals surface area contributed by atoms with E-state index < -0.39 is 0 Å². The van der Waals surface area contributed by atoms with Gasteiger partial charge in [-0.15, -0.1) is 0 Å². The number of benzene rings is 1. The van der Waals surface area contributed by atoms with Crippen molar-refractivity contribution in [2.75, 3.05) is 6.54 Å². The molecular formula is C15H17FN2O. The summed E-state index contributed by atoms with van der Waals surface area (Å²) in [6.45, 7) is 1.82. The number of nitriles is 1. The third-order valence-electron chi connectivity index (χ3n) is 3.69. The average Bonchev–Trinajstić information content (AvgIpc) is 2.89. The summed E-state index contributed by atoms with van der Waals surface area (Å²) >= 11 is 0. The second kappa shape index (κ2) is 5.83. The molecule has 0 N–H and O–H groups in total. The van der Waals surface area contributed by atoms with Crippen molar-refractivity contribution in [1.82, 2.24) is 4.90 Å². The van der Waals surface area contributed by atoms with E-state index in [9.17, 15) is 9.18 Å². The molecule has 1 fully saturated rings. The van der Waals surface area contributed by atoms with E-state index >= 15 is 0 Å². The highest BCUT2D eigenvalue weighted by Gasteiger charge is 2.27. The molecule has 0 aromatic heterocycles. The van der Waals surface area contributed by atoms with Gasteiger partial charge in [0, 0.05) is 11.6 Å². The first-order chi connectivity index (χ1) is 9.13. The van der Waals surface area contributed by atoms with Crippen LogP contribution in [0.25, 0.3) is 0 Å². The molecule has 2 rings (SSSR count). The molecule has 100 valence electrons. The van der Waals surface area contributed by atoms with Gasteiger partial charge in [0.05, 0.1) is 6.07 Å². The summed E-state index contributed by atoms with van der Waals surface area (Å²) < 4.78 is 13.1. The van der Waals surface area contributed by atoms with E-state index in [1.165, 1.54) is 18.2 Å². The third kappa shape index (κ3) is 2.93. The van der Waals surface area contributed by atoms with Gasteiger partial charge in [-0.1, -0.05) is 12.8 Å². The Balaban J connectivity index is 2.25. The zero-order valence-electron chi connectivity index (χ0n) is 11.0. The Morgan fingerprint density at radius 1 is 1.47 bits per heavy atom. The lowest BCUT2D eigenvalue weighted by Crippen LogP contribution is -2.39. The third-order valence-corrected chi connectivity index (χ3v) is 3.69. The van der Waals surface area contributed by atoms with Gasteiger partial charge in [-0.2, -0.15) is 5.26 Å². The number of rotatable bonds is 3. The zero-order valence-corrected chi connectivity index (χ0v) is 11.0. The van der Waals surface area contributed by atoms with Crippen molar-refractivity contribution in [3.8, 4) is 6.07 Å². The first kappa shape index (κ1) is 13.5. The van der Waals surface area contributed by atoms with Gasteiger partial charge in [0.2, 0.25) is 0 Å². The van der Waals surface area contributed by atoms with Crippen LogP contribution in [0.3, 0.4) is 0 Å². The maximum Gasteiger partial charge on any atom is 0.255 e.